The third kappa shape index (κ3) is 4.28. The zero-order chi connectivity index (χ0) is 11.8. The molecule has 0 aliphatic carbocycles. The standard InChI is InChI=1S/C9H16N4O3/c10-8-6-7(12-13-8)9(15)11-2-1-4-16-5-3-14/h6,14H,1-5H2,(H,11,15)(H3,10,12,13). The molecule has 5 N–H and O–H groups in total. The zero-order valence-electron chi connectivity index (χ0n) is 8.90. The van der Waals surface area contributed by atoms with Crippen molar-refractivity contribution in [2.45, 2.75) is 6.42 Å². The van der Waals surface area contributed by atoms with Crippen LogP contribution in [0.4, 0.5) is 5.82 Å². The van der Waals surface area contributed by atoms with Crippen LogP contribution in [-0.2, 0) is 4.74 Å². The number of aliphatic hydroxyl groups is 1. The Morgan fingerprint density at radius 1 is 1.62 bits per heavy atom. The molecule has 0 radical (unpaired) electrons. The van der Waals surface area contributed by atoms with Crippen molar-refractivity contribution in [2.75, 3.05) is 32.1 Å². The van der Waals surface area contributed by atoms with Crippen LogP contribution < -0.4 is 11.1 Å². The smallest absolute Gasteiger partial charge is 0.269 e. The van der Waals surface area contributed by atoms with Crippen LogP contribution in [0.25, 0.3) is 0 Å². The van der Waals surface area contributed by atoms with Crippen molar-refractivity contribution in [3.63, 3.8) is 0 Å². The summed E-state index contributed by atoms with van der Waals surface area (Å²) in [6, 6.07) is 1.47. The number of nitrogens with zero attached hydrogens (tertiary/aromatic N) is 1. The van der Waals surface area contributed by atoms with Gasteiger partial charge < -0.3 is 20.9 Å². The molecule has 0 unspecified atom stereocenters. The summed E-state index contributed by atoms with van der Waals surface area (Å²) in [5.41, 5.74) is 5.70. The maximum absolute atomic E-state index is 11.4. The minimum Gasteiger partial charge on any atom is -0.394 e. The number of carbonyl (C=O) groups excluding carboxylic acids is 1. The lowest BCUT2D eigenvalue weighted by atomic mass is 10.3. The summed E-state index contributed by atoms with van der Waals surface area (Å²) in [6.45, 7) is 1.35. The largest absolute Gasteiger partial charge is 0.394 e. The maximum atomic E-state index is 11.4. The first-order valence-corrected chi connectivity index (χ1v) is 5.01. The molecule has 1 rings (SSSR count). The lowest BCUT2D eigenvalue weighted by Gasteiger charge is -2.03. The molecule has 0 saturated heterocycles. The highest BCUT2D eigenvalue weighted by atomic mass is 16.5. The normalized spacial score (nSPS) is 10.3. The van der Waals surface area contributed by atoms with Crippen LogP contribution in [0.15, 0.2) is 6.07 Å². The van der Waals surface area contributed by atoms with E-state index in [4.69, 9.17) is 15.6 Å². The Bertz CT molecular complexity index is 326. The Morgan fingerprint density at radius 2 is 2.44 bits per heavy atom. The number of amides is 1. The van der Waals surface area contributed by atoms with Crippen LogP contribution >= 0.6 is 0 Å². The highest BCUT2D eigenvalue weighted by Crippen LogP contribution is 1.99. The number of nitrogens with two attached hydrogens (primary N) is 1. The summed E-state index contributed by atoms with van der Waals surface area (Å²) in [4.78, 5) is 11.4. The number of hydrogen-bond acceptors (Lipinski definition) is 5. The Morgan fingerprint density at radius 3 is 3.06 bits per heavy atom. The quantitative estimate of drug-likeness (QED) is 0.453. The molecule has 0 fully saturated rings. The molecule has 1 aromatic rings. The topological polar surface area (TPSA) is 113 Å². The Labute approximate surface area is 93.0 Å². The van der Waals surface area contributed by atoms with Gasteiger partial charge in [0.2, 0.25) is 0 Å². The lowest BCUT2D eigenvalue weighted by Crippen LogP contribution is -2.25. The SMILES string of the molecule is Nc1cc(C(=O)NCCCOCCO)[nH]n1. The van der Waals surface area contributed by atoms with Gasteiger partial charge in [-0.2, -0.15) is 5.10 Å². The number of H-pyrrole nitrogens is 1. The molecule has 7 nitrogen and oxygen atoms in total. The second-order valence-corrected chi connectivity index (χ2v) is 3.15. The fraction of sp³-hybridized carbons (Fsp3) is 0.556. The Hall–Kier alpha value is -1.60. The minimum absolute atomic E-state index is 0.0137. The van der Waals surface area contributed by atoms with Crippen molar-refractivity contribution in [1.82, 2.24) is 15.5 Å². The minimum atomic E-state index is -0.244. The molecule has 0 aromatic carbocycles. The van der Waals surface area contributed by atoms with Crippen molar-refractivity contribution < 1.29 is 14.6 Å². The van der Waals surface area contributed by atoms with E-state index in [1.807, 2.05) is 0 Å². The van der Waals surface area contributed by atoms with Gasteiger partial charge in [0.25, 0.3) is 5.91 Å². The molecule has 0 saturated carbocycles. The van der Waals surface area contributed by atoms with E-state index in [-0.39, 0.29) is 18.3 Å². The highest BCUT2D eigenvalue weighted by molar-refractivity contribution is 5.92. The van der Waals surface area contributed by atoms with Gasteiger partial charge in [-0.1, -0.05) is 0 Å². The average Bonchev–Trinajstić information content (AvgIpc) is 2.70. The monoisotopic (exact) mass is 228 g/mol. The van der Waals surface area contributed by atoms with Crippen LogP contribution in [0.2, 0.25) is 0 Å². The third-order valence-electron chi connectivity index (χ3n) is 1.83. The molecule has 16 heavy (non-hydrogen) atoms. The van der Waals surface area contributed by atoms with Crippen molar-refractivity contribution in [1.29, 1.82) is 0 Å². The van der Waals surface area contributed by atoms with Gasteiger partial charge in [-0.3, -0.25) is 9.89 Å². The summed E-state index contributed by atoms with van der Waals surface area (Å²) >= 11 is 0. The molecule has 1 amide bonds. The maximum Gasteiger partial charge on any atom is 0.269 e. The molecule has 1 heterocycles. The van der Waals surface area contributed by atoms with E-state index in [0.717, 1.165) is 0 Å². The summed E-state index contributed by atoms with van der Waals surface area (Å²) in [7, 11) is 0. The van der Waals surface area contributed by atoms with Crippen LogP contribution in [0, 0.1) is 0 Å². The van der Waals surface area contributed by atoms with Gasteiger partial charge in [0.05, 0.1) is 13.2 Å². The van der Waals surface area contributed by atoms with Gasteiger partial charge in [0, 0.05) is 19.2 Å². The van der Waals surface area contributed by atoms with E-state index >= 15 is 0 Å². The molecule has 0 spiro atoms. The number of rotatable bonds is 7. The molecule has 0 aliphatic rings. The van der Waals surface area contributed by atoms with Crippen molar-refractivity contribution >= 4 is 11.7 Å². The highest BCUT2D eigenvalue weighted by Gasteiger charge is 2.07. The molecular formula is C9H16N4O3. The molecular weight excluding hydrogens is 212 g/mol. The summed E-state index contributed by atoms with van der Waals surface area (Å²) < 4.78 is 5.03. The van der Waals surface area contributed by atoms with E-state index in [1.165, 1.54) is 6.07 Å². The van der Waals surface area contributed by atoms with Crippen LogP contribution in [0.1, 0.15) is 16.9 Å². The number of aliphatic hydroxyl groups excluding tert-OH is 1. The molecule has 0 atom stereocenters. The van der Waals surface area contributed by atoms with Gasteiger partial charge in [0.15, 0.2) is 0 Å². The number of nitrogen functional groups attached to an aromatic ring is 1. The second kappa shape index (κ2) is 6.81. The van der Waals surface area contributed by atoms with Gasteiger partial charge in [-0.25, -0.2) is 0 Å². The van der Waals surface area contributed by atoms with Gasteiger partial charge in [-0.05, 0) is 6.42 Å². The number of ether oxygens (including phenoxy) is 1. The fourth-order valence-corrected chi connectivity index (χ4v) is 1.09. The number of hydrogen-bond donors (Lipinski definition) is 4. The number of aromatic nitrogens is 2. The first-order chi connectivity index (χ1) is 7.74. The lowest BCUT2D eigenvalue weighted by molar-refractivity contribution is 0.0865. The number of carbonyl (C=O) groups is 1. The molecule has 0 bridgehead atoms. The predicted octanol–water partition coefficient (Wildman–Crippen LogP) is -0.879. The van der Waals surface area contributed by atoms with Crippen molar-refractivity contribution in [2.24, 2.45) is 0 Å². The van der Waals surface area contributed by atoms with Crippen LogP contribution in [0.3, 0.4) is 0 Å². The van der Waals surface area contributed by atoms with E-state index in [9.17, 15) is 4.79 Å². The fourth-order valence-electron chi connectivity index (χ4n) is 1.09. The van der Waals surface area contributed by atoms with E-state index in [0.29, 0.717) is 31.9 Å². The van der Waals surface area contributed by atoms with Gasteiger partial charge in [-0.15, -0.1) is 0 Å². The van der Waals surface area contributed by atoms with Gasteiger partial charge in [0.1, 0.15) is 11.5 Å². The summed E-state index contributed by atoms with van der Waals surface area (Å²) in [5.74, 6) is 0.0442. The first kappa shape index (κ1) is 12.5. The first-order valence-electron chi connectivity index (χ1n) is 5.01. The summed E-state index contributed by atoms with van der Waals surface area (Å²) in [5, 5.41) is 17.3. The van der Waals surface area contributed by atoms with Crippen molar-refractivity contribution in [3.8, 4) is 0 Å². The third-order valence-corrected chi connectivity index (χ3v) is 1.83. The average molecular weight is 228 g/mol. The number of aromatic amines is 1. The molecule has 7 heteroatoms. The molecule has 0 aliphatic heterocycles. The predicted molar refractivity (Wildman–Crippen MR) is 57.9 cm³/mol. The zero-order valence-corrected chi connectivity index (χ0v) is 8.90. The summed E-state index contributed by atoms with van der Waals surface area (Å²) in [6.07, 6.45) is 0.690. The second-order valence-electron chi connectivity index (χ2n) is 3.15. The van der Waals surface area contributed by atoms with E-state index < -0.39 is 0 Å². The van der Waals surface area contributed by atoms with Gasteiger partial charge >= 0.3 is 0 Å². The van der Waals surface area contributed by atoms with Crippen LogP contribution in [0.5, 0.6) is 0 Å². The van der Waals surface area contributed by atoms with Crippen LogP contribution in [-0.4, -0.2) is 47.6 Å². The van der Waals surface area contributed by atoms with E-state index in [1.54, 1.807) is 0 Å². The Kier molecular flexibility index (Phi) is 5.30. The molecule has 1 aromatic heterocycles. The Balaban J connectivity index is 2.11. The number of nitrogens with one attached hydrogen (secondary N) is 2. The molecule has 90 valence electrons. The van der Waals surface area contributed by atoms with E-state index in [2.05, 4.69) is 15.5 Å². The number of anilines is 1. The van der Waals surface area contributed by atoms with Crippen molar-refractivity contribution in [3.05, 3.63) is 11.8 Å².